The summed E-state index contributed by atoms with van der Waals surface area (Å²) in [5.74, 6) is 0.0218. The summed E-state index contributed by atoms with van der Waals surface area (Å²) in [4.78, 5) is 14.8. The van der Waals surface area contributed by atoms with Crippen molar-refractivity contribution in [1.82, 2.24) is 14.7 Å². The molecule has 1 aliphatic heterocycles. The van der Waals surface area contributed by atoms with Gasteiger partial charge in [0.15, 0.2) is 0 Å². The fourth-order valence-corrected chi connectivity index (χ4v) is 3.07. The number of morpholine rings is 1. The van der Waals surface area contributed by atoms with Crippen LogP contribution >= 0.6 is 15.9 Å². The molecule has 0 saturated carbocycles. The number of carbonyl (C=O) groups excluding carboxylic acids is 1. The summed E-state index contributed by atoms with van der Waals surface area (Å²) in [6.45, 7) is 7.12. The number of aromatic nitrogens is 2. The minimum absolute atomic E-state index is 0.0218. The van der Waals surface area contributed by atoms with Crippen LogP contribution in [0.25, 0.3) is 5.69 Å². The van der Waals surface area contributed by atoms with Crippen LogP contribution in [0, 0.1) is 6.92 Å². The fourth-order valence-electron chi connectivity index (χ4n) is 2.80. The molecule has 0 bridgehead atoms. The van der Waals surface area contributed by atoms with Crippen LogP contribution in [0.3, 0.4) is 0 Å². The molecule has 1 amide bonds. The van der Waals surface area contributed by atoms with Gasteiger partial charge in [0.1, 0.15) is 0 Å². The first-order chi connectivity index (χ1) is 11.0. The lowest BCUT2D eigenvalue weighted by Crippen LogP contribution is -2.50. The highest BCUT2D eigenvalue weighted by Crippen LogP contribution is 2.20. The minimum atomic E-state index is 0.0218. The number of nitrogens with zero attached hydrogens (tertiary/aromatic N) is 3. The molecule has 0 spiro atoms. The van der Waals surface area contributed by atoms with E-state index >= 15 is 0 Å². The zero-order chi connectivity index (χ0) is 16.6. The van der Waals surface area contributed by atoms with Crippen LogP contribution < -0.4 is 0 Å². The van der Waals surface area contributed by atoms with Crippen LogP contribution in [0.15, 0.2) is 34.9 Å². The maximum atomic E-state index is 12.9. The Morgan fingerprint density at radius 1 is 1.30 bits per heavy atom. The van der Waals surface area contributed by atoms with Gasteiger partial charge in [0.2, 0.25) is 0 Å². The number of rotatable bonds is 2. The molecule has 1 saturated heterocycles. The van der Waals surface area contributed by atoms with E-state index in [-0.39, 0.29) is 18.1 Å². The zero-order valence-corrected chi connectivity index (χ0v) is 15.1. The average Bonchev–Trinajstić information content (AvgIpc) is 2.91. The van der Waals surface area contributed by atoms with Crippen molar-refractivity contribution >= 4 is 21.8 Å². The predicted molar refractivity (Wildman–Crippen MR) is 91.9 cm³/mol. The number of carbonyl (C=O) groups is 1. The number of amides is 1. The summed E-state index contributed by atoms with van der Waals surface area (Å²) >= 11 is 3.43. The van der Waals surface area contributed by atoms with Gasteiger partial charge < -0.3 is 9.64 Å². The molecule has 1 fully saturated rings. The first-order valence-corrected chi connectivity index (χ1v) is 8.50. The topological polar surface area (TPSA) is 47.4 Å². The molecule has 6 heteroatoms. The quantitative estimate of drug-likeness (QED) is 0.807. The Morgan fingerprint density at radius 3 is 2.70 bits per heavy atom. The SMILES string of the molecule is Cc1c(C(=O)N2CC(C)OCC2C)cnn1-c1ccc(Br)cc1. The molecular formula is C17H20BrN3O2. The van der Waals surface area contributed by atoms with Crippen molar-refractivity contribution in [2.24, 2.45) is 0 Å². The number of halogens is 1. The molecule has 5 nitrogen and oxygen atoms in total. The molecule has 2 aromatic rings. The zero-order valence-electron chi connectivity index (χ0n) is 13.5. The second-order valence-corrected chi connectivity index (χ2v) is 6.90. The summed E-state index contributed by atoms with van der Waals surface area (Å²) in [5.41, 5.74) is 2.44. The van der Waals surface area contributed by atoms with Gasteiger partial charge in [-0.15, -0.1) is 0 Å². The number of ether oxygens (including phenoxy) is 1. The maximum absolute atomic E-state index is 12.9. The third kappa shape index (κ3) is 3.19. The van der Waals surface area contributed by atoms with Crippen molar-refractivity contribution in [2.45, 2.75) is 32.9 Å². The van der Waals surface area contributed by atoms with Crippen LogP contribution in [-0.4, -0.2) is 45.9 Å². The maximum Gasteiger partial charge on any atom is 0.257 e. The van der Waals surface area contributed by atoms with E-state index in [0.29, 0.717) is 18.7 Å². The molecule has 0 aliphatic carbocycles. The van der Waals surface area contributed by atoms with Gasteiger partial charge in [-0.05, 0) is 45.0 Å². The van der Waals surface area contributed by atoms with Gasteiger partial charge in [0.25, 0.3) is 5.91 Å². The standard InChI is InChI=1S/C17H20BrN3O2/c1-11-10-23-12(2)9-20(11)17(22)16-8-19-21(13(16)3)15-6-4-14(18)5-7-15/h4-8,11-12H,9-10H2,1-3H3. The van der Waals surface area contributed by atoms with Crippen molar-refractivity contribution in [1.29, 1.82) is 0 Å². The highest BCUT2D eigenvalue weighted by atomic mass is 79.9. The lowest BCUT2D eigenvalue weighted by Gasteiger charge is -2.36. The minimum Gasteiger partial charge on any atom is -0.375 e. The normalized spacial score (nSPS) is 21.5. The molecule has 0 radical (unpaired) electrons. The molecule has 2 atom stereocenters. The molecule has 1 aromatic heterocycles. The van der Waals surface area contributed by atoms with E-state index in [9.17, 15) is 4.79 Å². The van der Waals surface area contributed by atoms with Crippen LogP contribution in [0.1, 0.15) is 29.9 Å². The third-order valence-electron chi connectivity index (χ3n) is 4.18. The Morgan fingerprint density at radius 2 is 2.00 bits per heavy atom. The highest BCUT2D eigenvalue weighted by molar-refractivity contribution is 9.10. The fraction of sp³-hybridized carbons (Fsp3) is 0.412. The second kappa shape index (κ2) is 6.45. The van der Waals surface area contributed by atoms with Gasteiger partial charge in [-0.1, -0.05) is 15.9 Å². The van der Waals surface area contributed by atoms with Gasteiger partial charge >= 0.3 is 0 Å². The molecule has 1 aromatic carbocycles. The van der Waals surface area contributed by atoms with Gasteiger partial charge in [-0.2, -0.15) is 5.10 Å². The van der Waals surface area contributed by atoms with E-state index in [2.05, 4.69) is 21.0 Å². The Kier molecular flexibility index (Phi) is 4.55. The third-order valence-corrected chi connectivity index (χ3v) is 4.71. The van der Waals surface area contributed by atoms with E-state index in [0.717, 1.165) is 15.9 Å². The molecular weight excluding hydrogens is 358 g/mol. The van der Waals surface area contributed by atoms with Crippen molar-refractivity contribution < 1.29 is 9.53 Å². The molecule has 23 heavy (non-hydrogen) atoms. The van der Waals surface area contributed by atoms with Gasteiger partial charge in [0, 0.05) is 11.0 Å². The number of benzene rings is 1. The average molecular weight is 378 g/mol. The predicted octanol–water partition coefficient (Wildman–Crippen LogP) is 3.19. The highest BCUT2D eigenvalue weighted by Gasteiger charge is 2.30. The molecule has 2 heterocycles. The molecule has 3 rings (SSSR count). The summed E-state index contributed by atoms with van der Waals surface area (Å²) < 4.78 is 8.42. The summed E-state index contributed by atoms with van der Waals surface area (Å²) in [7, 11) is 0. The smallest absolute Gasteiger partial charge is 0.257 e. The van der Waals surface area contributed by atoms with E-state index in [4.69, 9.17) is 4.74 Å². The first-order valence-electron chi connectivity index (χ1n) is 7.70. The largest absolute Gasteiger partial charge is 0.375 e. The lowest BCUT2D eigenvalue weighted by molar-refractivity contribution is -0.0387. The van der Waals surface area contributed by atoms with Crippen LogP contribution in [0.2, 0.25) is 0 Å². The Bertz CT molecular complexity index is 711. The van der Waals surface area contributed by atoms with Crippen molar-refractivity contribution in [3.05, 3.63) is 46.2 Å². The number of hydrogen-bond donors (Lipinski definition) is 0. The molecule has 122 valence electrons. The monoisotopic (exact) mass is 377 g/mol. The Hall–Kier alpha value is -1.66. The lowest BCUT2D eigenvalue weighted by atomic mass is 10.1. The van der Waals surface area contributed by atoms with Gasteiger partial charge in [-0.3, -0.25) is 4.79 Å². The van der Waals surface area contributed by atoms with Crippen LogP contribution in [-0.2, 0) is 4.74 Å². The van der Waals surface area contributed by atoms with Gasteiger partial charge in [-0.25, -0.2) is 4.68 Å². The first kappa shape index (κ1) is 16.2. The van der Waals surface area contributed by atoms with Crippen LogP contribution in [0.4, 0.5) is 0 Å². The van der Waals surface area contributed by atoms with Crippen molar-refractivity contribution in [2.75, 3.05) is 13.2 Å². The van der Waals surface area contributed by atoms with Crippen LogP contribution in [0.5, 0.6) is 0 Å². The molecule has 2 unspecified atom stereocenters. The van der Waals surface area contributed by atoms with E-state index in [1.165, 1.54) is 0 Å². The summed E-state index contributed by atoms with van der Waals surface area (Å²) in [6.07, 6.45) is 1.73. The van der Waals surface area contributed by atoms with E-state index < -0.39 is 0 Å². The number of hydrogen-bond acceptors (Lipinski definition) is 3. The van der Waals surface area contributed by atoms with Crippen molar-refractivity contribution in [3.8, 4) is 5.69 Å². The van der Waals surface area contributed by atoms with Gasteiger partial charge in [0.05, 0.1) is 41.9 Å². The Labute approximate surface area is 144 Å². The van der Waals surface area contributed by atoms with Crippen molar-refractivity contribution in [3.63, 3.8) is 0 Å². The van der Waals surface area contributed by atoms with E-state index in [1.54, 1.807) is 10.9 Å². The van der Waals surface area contributed by atoms with E-state index in [1.807, 2.05) is 49.9 Å². The summed E-state index contributed by atoms with van der Waals surface area (Å²) in [5, 5.41) is 4.40. The Balaban J connectivity index is 1.89. The molecule has 1 aliphatic rings. The summed E-state index contributed by atoms with van der Waals surface area (Å²) in [6, 6.07) is 7.94. The second-order valence-electron chi connectivity index (χ2n) is 5.98. The molecule has 0 N–H and O–H groups in total.